The fourth-order valence-corrected chi connectivity index (χ4v) is 1.81. The molecule has 0 spiro atoms. The van der Waals surface area contributed by atoms with Gasteiger partial charge < -0.3 is 5.11 Å². The first kappa shape index (κ1) is 14.7. The van der Waals surface area contributed by atoms with E-state index in [-0.39, 0.29) is 5.82 Å². The van der Waals surface area contributed by atoms with E-state index in [2.05, 4.69) is 15.2 Å². The quantitative estimate of drug-likeness (QED) is 0.866. The molecule has 0 fully saturated rings. The van der Waals surface area contributed by atoms with Crippen molar-refractivity contribution in [3.05, 3.63) is 41.5 Å². The van der Waals surface area contributed by atoms with Crippen LogP contribution in [0, 0.1) is 6.92 Å². The van der Waals surface area contributed by atoms with Crippen LogP contribution in [-0.2, 0) is 11.2 Å². The molecular weight excluding hydrogens is 272 g/mol. The van der Waals surface area contributed by atoms with Crippen molar-refractivity contribution < 1.29 is 14.7 Å². The van der Waals surface area contributed by atoms with Crippen molar-refractivity contribution in [1.29, 1.82) is 0 Å². The number of hydrogen-bond acceptors (Lipinski definition) is 4. The van der Waals surface area contributed by atoms with Crippen LogP contribution in [0.4, 0.5) is 5.69 Å². The smallest absolute Gasteiger partial charge is 0.323 e. The standard InChI is InChI=1S/C14H16N4O3/c1-3-11-15-13(17-16-11)14(21)18(8-12(19)20)10-6-4-9(2)5-7-10/h4-7H,3,8H2,1-2H3,(H,19,20)(H,15,16,17). The second-order valence-electron chi connectivity index (χ2n) is 4.58. The van der Waals surface area contributed by atoms with Crippen molar-refractivity contribution >= 4 is 17.6 Å². The number of rotatable bonds is 5. The maximum atomic E-state index is 12.4. The normalized spacial score (nSPS) is 10.4. The number of carbonyl (C=O) groups excluding carboxylic acids is 1. The Hall–Kier alpha value is -2.70. The van der Waals surface area contributed by atoms with Gasteiger partial charge in [0, 0.05) is 12.1 Å². The molecule has 1 aromatic heterocycles. The Morgan fingerprint density at radius 2 is 1.95 bits per heavy atom. The number of carboxylic acid groups (broad SMARTS) is 1. The van der Waals surface area contributed by atoms with Crippen LogP contribution in [0.15, 0.2) is 24.3 Å². The van der Waals surface area contributed by atoms with Gasteiger partial charge in [0.25, 0.3) is 5.91 Å². The first-order chi connectivity index (χ1) is 10.0. The minimum atomic E-state index is -1.10. The summed E-state index contributed by atoms with van der Waals surface area (Å²) in [6, 6.07) is 7.02. The molecule has 0 saturated heterocycles. The molecule has 1 heterocycles. The molecule has 1 aromatic carbocycles. The lowest BCUT2D eigenvalue weighted by Crippen LogP contribution is -2.36. The van der Waals surface area contributed by atoms with Gasteiger partial charge in [-0.25, -0.2) is 4.98 Å². The molecule has 1 amide bonds. The lowest BCUT2D eigenvalue weighted by atomic mass is 10.2. The summed E-state index contributed by atoms with van der Waals surface area (Å²) < 4.78 is 0. The number of aromatic amines is 1. The SMILES string of the molecule is CCc1nc(C(=O)N(CC(=O)O)c2ccc(C)cc2)n[nH]1. The van der Waals surface area contributed by atoms with Gasteiger partial charge in [-0.3, -0.25) is 19.6 Å². The first-order valence-corrected chi connectivity index (χ1v) is 6.53. The zero-order valence-corrected chi connectivity index (χ0v) is 11.8. The third-order valence-electron chi connectivity index (χ3n) is 2.94. The maximum Gasteiger partial charge on any atom is 0.323 e. The average Bonchev–Trinajstić information content (AvgIpc) is 2.94. The van der Waals surface area contributed by atoms with E-state index in [1.165, 1.54) is 0 Å². The molecule has 0 aliphatic rings. The average molecular weight is 288 g/mol. The fraction of sp³-hybridized carbons (Fsp3) is 0.286. The molecule has 0 radical (unpaired) electrons. The van der Waals surface area contributed by atoms with Crippen molar-refractivity contribution in [3.8, 4) is 0 Å². The van der Waals surface area contributed by atoms with Gasteiger partial charge in [-0.15, -0.1) is 5.10 Å². The van der Waals surface area contributed by atoms with Crippen LogP contribution in [-0.4, -0.2) is 38.7 Å². The molecule has 110 valence electrons. The largest absolute Gasteiger partial charge is 0.480 e. The number of aliphatic carboxylic acids is 1. The molecule has 7 nitrogen and oxygen atoms in total. The van der Waals surface area contributed by atoms with E-state index in [4.69, 9.17) is 5.11 Å². The van der Waals surface area contributed by atoms with Crippen LogP contribution in [0.1, 0.15) is 28.9 Å². The van der Waals surface area contributed by atoms with Gasteiger partial charge in [0.05, 0.1) is 0 Å². The number of aryl methyl sites for hydroxylation is 2. The van der Waals surface area contributed by atoms with E-state index in [0.717, 1.165) is 10.5 Å². The molecule has 7 heteroatoms. The van der Waals surface area contributed by atoms with E-state index in [0.29, 0.717) is 17.9 Å². The van der Waals surface area contributed by atoms with Gasteiger partial charge in [-0.05, 0) is 19.1 Å². The zero-order valence-electron chi connectivity index (χ0n) is 11.8. The lowest BCUT2D eigenvalue weighted by Gasteiger charge is -2.19. The fourth-order valence-electron chi connectivity index (χ4n) is 1.81. The van der Waals surface area contributed by atoms with E-state index in [1.807, 2.05) is 26.0 Å². The maximum absolute atomic E-state index is 12.4. The lowest BCUT2D eigenvalue weighted by molar-refractivity contribution is -0.135. The summed E-state index contributed by atoms with van der Waals surface area (Å²) in [5.74, 6) is -1.10. The minimum Gasteiger partial charge on any atom is -0.480 e. The van der Waals surface area contributed by atoms with Crippen LogP contribution in [0.5, 0.6) is 0 Å². The van der Waals surface area contributed by atoms with Gasteiger partial charge >= 0.3 is 5.97 Å². The number of aromatic nitrogens is 3. The Bertz CT molecular complexity index is 648. The Morgan fingerprint density at radius 3 is 2.48 bits per heavy atom. The molecule has 0 atom stereocenters. The van der Waals surface area contributed by atoms with Crippen molar-refractivity contribution in [2.75, 3.05) is 11.4 Å². The van der Waals surface area contributed by atoms with Gasteiger partial charge in [-0.2, -0.15) is 0 Å². The van der Waals surface area contributed by atoms with Gasteiger partial charge in [0.15, 0.2) is 0 Å². The zero-order chi connectivity index (χ0) is 15.4. The summed E-state index contributed by atoms with van der Waals surface area (Å²) >= 11 is 0. The van der Waals surface area contributed by atoms with Crippen LogP contribution in [0.2, 0.25) is 0 Å². The van der Waals surface area contributed by atoms with Crippen molar-refractivity contribution in [2.45, 2.75) is 20.3 Å². The van der Waals surface area contributed by atoms with Crippen molar-refractivity contribution in [3.63, 3.8) is 0 Å². The molecule has 0 saturated carbocycles. The highest BCUT2D eigenvalue weighted by Crippen LogP contribution is 2.17. The summed E-state index contributed by atoms with van der Waals surface area (Å²) in [4.78, 5) is 28.6. The van der Waals surface area contributed by atoms with Crippen molar-refractivity contribution in [2.24, 2.45) is 0 Å². The van der Waals surface area contributed by atoms with E-state index >= 15 is 0 Å². The number of amides is 1. The summed E-state index contributed by atoms with van der Waals surface area (Å²) in [6.07, 6.45) is 0.615. The Kier molecular flexibility index (Phi) is 4.32. The molecule has 0 unspecified atom stereocenters. The number of benzene rings is 1. The van der Waals surface area contributed by atoms with Crippen LogP contribution >= 0.6 is 0 Å². The third-order valence-corrected chi connectivity index (χ3v) is 2.94. The molecule has 0 bridgehead atoms. The summed E-state index contributed by atoms with van der Waals surface area (Å²) in [5, 5.41) is 15.5. The summed E-state index contributed by atoms with van der Waals surface area (Å²) in [5.41, 5.74) is 1.52. The van der Waals surface area contributed by atoms with Gasteiger partial charge in [0.2, 0.25) is 5.82 Å². The molecule has 2 rings (SSSR count). The molecule has 2 aromatic rings. The Labute approximate surface area is 121 Å². The predicted octanol–water partition coefficient (Wildman–Crippen LogP) is 1.41. The monoisotopic (exact) mass is 288 g/mol. The second kappa shape index (κ2) is 6.17. The first-order valence-electron chi connectivity index (χ1n) is 6.53. The number of carbonyl (C=O) groups is 2. The highest BCUT2D eigenvalue weighted by molar-refractivity contribution is 6.05. The van der Waals surface area contributed by atoms with Gasteiger partial charge in [-0.1, -0.05) is 24.6 Å². The van der Waals surface area contributed by atoms with Crippen LogP contribution < -0.4 is 4.90 Å². The molecule has 0 aliphatic heterocycles. The van der Waals surface area contributed by atoms with E-state index in [9.17, 15) is 9.59 Å². The molecule has 0 aliphatic carbocycles. The predicted molar refractivity (Wildman–Crippen MR) is 76.3 cm³/mol. The topological polar surface area (TPSA) is 99.2 Å². The number of nitrogens with zero attached hydrogens (tertiary/aromatic N) is 3. The molecule has 2 N–H and O–H groups in total. The van der Waals surface area contributed by atoms with Gasteiger partial charge in [0.1, 0.15) is 12.4 Å². The highest BCUT2D eigenvalue weighted by atomic mass is 16.4. The number of H-pyrrole nitrogens is 1. The number of anilines is 1. The Balaban J connectivity index is 2.32. The van der Waals surface area contributed by atoms with Crippen molar-refractivity contribution in [1.82, 2.24) is 15.2 Å². The second-order valence-corrected chi connectivity index (χ2v) is 4.58. The molecule has 21 heavy (non-hydrogen) atoms. The van der Waals surface area contributed by atoms with E-state index in [1.54, 1.807) is 12.1 Å². The van der Waals surface area contributed by atoms with E-state index < -0.39 is 18.4 Å². The highest BCUT2D eigenvalue weighted by Gasteiger charge is 2.23. The summed E-state index contributed by atoms with van der Waals surface area (Å²) in [6.45, 7) is 3.34. The van der Waals surface area contributed by atoms with Crippen LogP contribution in [0.25, 0.3) is 0 Å². The number of carboxylic acids is 1. The third kappa shape index (κ3) is 3.44. The Morgan fingerprint density at radius 1 is 1.29 bits per heavy atom. The van der Waals surface area contributed by atoms with Crippen LogP contribution in [0.3, 0.4) is 0 Å². The summed E-state index contributed by atoms with van der Waals surface area (Å²) in [7, 11) is 0. The molecular formula is C14H16N4O3. The number of nitrogens with one attached hydrogen (secondary N) is 1. The minimum absolute atomic E-state index is 0.0336. The number of hydrogen-bond donors (Lipinski definition) is 2.